The van der Waals surface area contributed by atoms with Gasteiger partial charge in [-0.05, 0) is 60.9 Å². The molecule has 3 rings (SSSR count). The molecule has 1 saturated heterocycles. The van der Waals surface area contributed by atoms with Gasteiger partial charge in [0.1, 0.15) is 11.6 Å². The van der Waals surface area contributed by atoms with Crippen molar-refractivity contribution >= 4 is 11.6 Å². The van der Waals surface area contributed by atoms with Gasteiger partial charge in [0.25, 0.3) is 5.91 Å². The Morgan fingerprint density at radius 2 is 1.92 bits per heavy atom. The number of anilines is 1. The molecule has 4 nitrogen and oxygen atoms in total. The monoisotopic (exact) mass is 328 g/mol. The summed E-state index contributed by atoms with van der Waals surface area (Å²) in [6.45, 7) is 2.44. The molecule has 1 atom stereocenters. The van der Waals surface area contributed by atoms with E-state index in [0.717, 1.165) is 30.9 Å². The molecule has 0 saturated carbocycles. The number of nitrogens with zero attached hydrogens (tertiary/aromatic N) is 1. The summed E-state index contributed by atoms with van der Waals surface area (Å²) in [6.07, 6.45) is 1.01. The van der Waals surface area contributed by atoms with E-state index < -0.39 is 0 Å². The number of rotatable bonds is 5. The number of hydrogen-bond acceptors (Lipinski definition) is 3. The van der Waals surface area contributed by atoms with Crippen molar-refractivity contribution in [3.8, 4) is 5.75 Å². The molecule has 1 aliphatic heterocycles. The van der Waals surface area contributed by atoms with Crippen LogP contribution < -0.4 is 15.0 Å². The number of nitrogens with one attached hydrogen (secondary N) is 1. The number of halogens is 1. The Balaban J connectivity index is 1.50. The van der Waals surface area contributed by atoms with Crippen LogP contribution in [-0.4, -0.2) is 32.7 Å². The molecule has 1 heterocycles. The third-order valence-corrected chi connectivity index (χ3v) is 4.38. The molecule has 24 heavy (non-hydrogen) atoms. The molecule has 126 valence electrons. The van der Waals surface area contributed by atoms with E-state index in [4.69, 9.17) is 4.74 Å². The highest BCUT2D eigenvalue weighted by Crippen LogP contribution is 2.23. The smallest absolute Gasteiger partial charge is 0.251 e. The van der Waals surface area contributed by atoms with Crippen LogP contribution in [0.1, 0.15) is 16.8 Å². The minimum absolute atomic E-state index is 0.0714. The van der Waals surface area contributed by atoms with Crippen LogP contribution in [0, 0.1) is 11.7 Å². The highest BCUT2D eigenvalue weighted by Gasteiger charge is 2.23. The maximum Gasteiger partial charge on any atom is 0.251 e. The van der Waals surface area contributed by atoms with Gasteiger partial charge in [0.2, 0.25) is 0 Å². The highest BCUT2D eigenvalue weighted by atomic mass is 19.1. The minimum atomic E-state index is -0.221. The van der Waals surface area contributed by atoms with Crippen molar-refractivity contribution in [1.82, 2.24) is 5.32 Å². The van der Waals surface area contributed by atoms with Crippen LogP contribution in [0.5, 0.6) is 5.75 Å². The lowest BCUT2D eigenvalue weighted by Crippen LogP contribution is -2.31. The molecule has 2 aromatic rings. The second kappa shape index (κ2) is 7.34. The molecule has 0 radical (unpaired) electrons. The van der Waals surface area contributed by atoms with E-state index in [9.17, 15) is 9.18 Å². The zero-order valence-corrected chi connectivity index (χ0v) is 13.7. The number of carbonyl (C=O) groups is 1. The first kappa shape index (κ1) is 16.3. The van der Waals surface area contributed by atoms with Crippen molar-refractivity contribution in [1.29, 1.82) is 0 Å². The normalized spacial score (nSPS) is 16.9. The summed E-state index contributed by atoms with van der Waals surface area (Å²) < 4.78 is 18.1. The Bertz CT molecular complexity index is 686. The number of amides is 1. The predicted molar refractivity (Wildman–Crippen MR) is 92.0 cm³/mol. The van der Waals surface area contributed by atoms with Crippen LogP contribution in [0.3, 0.4) is 0 Å². The molecular formula is C19H21FN2O2. The Labute approximate surface area is 141 Å². The maximum atomic E-state index is 13.0. The minimum Gasteiger partial charge on any atom is -0.497 e. The second-order valence-electron chi connectivity index (χ2n) is 6.02. The average Bonchev–Trinajstić information content (AvgIpc) is 3.09. The van der Waals surface area contributed by atoms with Crippen LogP contribution in [0.4, 0.5) is 10.1 Å². The third-order valence-electron chi connectivity index (χ3n) is 4.38. The van der Waals surface area contributed by atoms with E-state index in [-0.39, 0.29) is 11.7 Å². The number of ether oxygens (including phenoxy) is 1. The molecular weight excluding hydrogens is 307 g/mol. The average molecular weight is 328 g/mol. The molecule has 1 N–H and O–H groups in total. The quantitative estimate of drug-likeness (QED) is 0.917. The Kier molecular flexibility index (Phi) is 4.99. The fourth-order valence-electron chi connectivity index (χ4n) is 2.97. The second-order valence-corrected chi connectivity index (χ2v) is 6.02. The van der Waals surface area contributed by atoms with Gasteiger partial charge in [-0.3, -0.25) is 4.79 Å². The summed E-state index contributed by atoms with van der Waals surface area (Å²) in [5.41, 5.74) is 1.66. The van der Waals surface area contributed by atoms with Gasteiger partial charge >= 0.3 is 0 Å². The summed E-state index contributed by atoms with van der Waals surface area (Å²) in [5.74, 6) is 0.841. The van der Waals surface area contributed by atoms with Gasteiger partial charge < -0.3 is 15.0 Å². The maximum absolute atomic E-state index is 13.0. The number of hydrogen-bond donors (Lipinski definition) is 1. The van der Waals surface area contributed by atoms with Crippen molar-refractivity contribution in [3.63, 3.8) is 0 Å². The van der Waals surface area contributed by atoms with E-state index in [1.165, 1.54) is 12.1 Å². The van der Waals surface area contributed by atoms with Crippen LogP contribution in [-0.2, 0) is 0 Å². The van der Waals surface area contributed by atoms with Gasteiger partial charge in [-0.2, -0.15) is 0 Å². The first-order chi connectivity index (χ1) is 11.7. The molecule has 2 aromatic carbocycles. The molecule has 0 aromatic heterocycles. The molecule has 1 fully saturated rings. The lowest BCUT2D eigenvalue weighted by molar-refractivity contribution is 0.0948. The van der Waals surface area contributed by atoms with Crippen LogP contribution >= 0.6 is 0 Å². The summed E-state index contributed by atoms with van der Waals surface area (Å²) in [5, 5.41) is 2.99. The molecule has 1 unspecified atom stereocenters. The fraction of sp³-hybridized carbons (Fsp3) is 0.316. The lowest BCUT2D eigenvalue weighted by Gasteiger charge is -2.18. The van der Waals surface area contributed by atoms with E-state index in [2.05, 4.69) is 10.2 Å². The van der Waals surface area contributed by atoms with Gasteiger partial charge in [-0.15, -0.1) is 0 Å². The predicted octanol–water partition coefficient (Wildman–Crippen LogP) is 3.09. The van der Waals surface area contributed by atoms with Crippen molar-refractivity contribution in [2.75, 3.05) is 31.6 Å². The van der Waals surface area contributed by atoms with Crippen molar-refractivity contribution in [3.05, 3.63) is 59.9 Å². The lowest BCUT2D eigenvalue weighted by atomic mass is 10.1. The van der Waals surface area contributed by atoms with Crippen molar-refractivity contribution in [2.45, 2.75) is 6.42 Å². The summed E-state index contributed by atoms with van der Waals surface area (Å²) in [7, 11) is 1.60. The fourth-order valence-corrected chi connectivity index (χ4v) is 2.97. The molecule has 0 spiro atoms. The van der Waals surface area contributed by atoms with Gasteiger partial charge in [0, 0.05) is 30.9 Å². The summed E-state index contributed by atoms with van der Waals surface area (Å²) in [6, 6.07) is 13.6. The first-order valence-electron chi connectivity index (χ1n) is 8.08. The topological polar surface area (TPSA) is 41.6 Å². The Hall–Kier alpha value is -2.56. The molecule has 5 heteroatoms. The molecule has 0 bridgehead atoms. The van der Waals surface area contributed by atoms with Gasteiger partial charge in [-0.25, -0.2) is 4.39 Å². The van der Waals surface area contributed by atoms with E-state index in [1.54, 1.807) is 43.5 Å². The highest BCUT2D eigenvalue weighted by molar-refractivity contribution is 5.94. The van der Waals surface area contributed by atoms with Gasteiger partial charge in [0.05, 0.1) is 7.11 Å². The summed E-state index contributed by atoms with van der Waals surface area (Å²) >= 11 is 0. The van der Waals surface area contributed by atoms with E-state index >= 15 is 0 Å². The Morgan fingerprint density at radius 1 is 1.21 bits per heavy atom. The van der Waals surface area contributed by atoms with E-state index in [0.29, 0.717) is 18.0 Å². The number of carbonyl (C=O) groups excluding carboxylic acids is 1. The van der Waals surface area contributed by atoms with Crippen LogP contribution in [0.2, 0.25) is 0 Å². The van der Waals surface area contributed by atoms with Gasteiger partial charge in [-0.1, -0.05) is 0 Å². The zero-order chi connectivity index (χ0) is 16.9. The standard InChI is InChI=1S/C19H21FN2O2/c1-24-18-8-2-15(3-9-18)19(23)21-12-14-10-11-22(13-14)17-6-4-16(20)5-7-17/h2-9,14H,10-13H2,1H3,(H,21,23). The third kappa shape index (κ3) is 3.85. The SMILES string of the molecule is COc1ccc(C(=O)NCC2CCN(c3ccc(F)cc3)C2)cc1. The van der Waals surface area contributed by atoms with Crippen LogP contribution in [0.15, 0.2) is 48.5 Å². The molecule has 0 aliphatic carbocycles. The number of methoxy groups -OCH3 is 1. The molecule has 1 amide bonds. The van der Waals surface area contributed by atoms with Crippen molar-refractivity contribution < 1.29 is 13.9 Å². The largest absolute Gasteiger partial charge is 0.497 e. The van der Waals surface area contributed by atoms with E-state index in [1.807, 2.05) is 0 Å². The Morgan fingerprint density at radius 3 is 2.58 bits per heavy atom. The van der Waals surface area contributed by atoms with Gasteiger partial charge in [0.15, 0.2) is 0 Å². The van der Waals surface area contributed by atoms with Crippen molar-refractivity contribution in [2.24, 2.45) is 5.92 Å². The zero-order valence-electron chi connectivity index (χ0n) is 13.7. The first-order valence-corrected chi connectivity index (χ1v) is 8.08. The summed E-state index contributed by atoms with van der Waals surface area (Å²) in [4.78, 5) is 14.4. The molecule has 1 aliphatic rings. The number of benzene rings is 2. The van der Waals surface area contributed by atoms with Crippen LogP contribution in [0.25, 0.3) is 0 Å².